The highest BCUT2D eigenvalue weighted by molar-refractivity contribution is 6.09. The van der Waals surface area contributed by atoms with Crippen molar-refractivity contribution < 1.29 is 9.59 Å². The van der Waals surface area contributed by atoms with E-state index < -0.39 is 5.91 Å². The maximum Gasteiger partial charge on any atom is 0.494 e. The molecule has 1 aliphatic heterocycles. The van der Waals surface area contributed by atoms with Gasteiger partial charge in [-0.3, -0.25) is 9.59 Å². The molecule has 1 amide bonds. The third-order valence-corrected chi connectivity index (χ3v) is 2.32. The molecule has 0 spiro atoms. The first kappa shape index (κ1) is 9.51. The average molecular weight is 204 g/mol. The third kappa shape index (κ3) is 1.52. The predicted octanol–water partition coefficient (Wildman–Crippen LogP) is 1.01. The Morgan fingerprint density at radius 1 is 1.13 bits per heavy atom. The van der Waals surface area contributed by atoms with Crippen molar-refractivity contribution in [1.82, 2.24) is 5.29 Å². The van der Waals surface area contributed by atoms with Crippen LogP contribution >= 0.6 is 0 Å². The topological polar surface area (TPSA) is 68.6 Å². The maximum absolute atomic E-state index is 11.6. The highest BCUT2D eigenvalue weighted by atomic mass is 16.3. The highest BCUT2D eigenvalue weighted by Gasteiger charge is 2.34. The molecule has 0 bridgehead atoms. The van der Waals surface area contributed by atoms with Crippen molar-refractivity contribution >= 4 is 17.4 Å². The lowest BCUT2D eigenvalue weighted by Crippen LogP contribution is -2.30. The lowest BCUT2D eigenvalue weighted by atomic mass is 10.1. The molecule has 0 N–H and O–H groups in total. The molecule has 1 aromatic rings. The molecule has 75 valence electrons. The number of Topliss-reactive ketones (excluding diaryl/α,β-unsaturated/α-hetero) is 1. The number of fused-ring (bicyclic) bond motifs is 1. The number of para-hydroxylation sites is 1. The van der Waals surface area contributed by atoms with Gasteiger partial charge in [0.15, 0.2) is 5.78 Å². The van der Waals surface area contributed by atoms with Gasteiger partial charge in [0.05, 0.1) is 0 Å². The van der Waals surface area contributed by atoms with Crippen molar-refractivity contribution in [2.75, 3.05) is 5.01 Å². The standard InChI is InChI=1S/C10H8N2O3/c13-9-5-6-10(14)12(11-15)8-4-2-1-3-7(8)9/h1-4H,5-6H2/q+1. The number of nitroso groups, excluding NO2 is 1. The number of carbonyl (C=O) groups excluding carboxylic acids is 2. The zero-order valence-corrected chi connectivity index (χ0v) is 7.84. The van der Waals surface area contributed by atoms with Gasteiger partial charge in [0, 0.05) is 23.4 Å². The van der Waals surface area contributed by atoms with Crippen LogP contribution in [0.15, 0.2) is 24.3 Å². The minimum atomic E-state index is -0.441. The smallest absolute Gasteiger partial charge is 0.294 e. The van der Waals surface area contributed by atoms with Crippen LogP contribution in [-0.4, -0.2) is 11.7 Å². The summed E-state index contributed by atoms with van der Waals surface area (Å²) in [5.74, 6) is -0.576. The fourth-order valence-electron chi connectivity index (χ4n) is 1.58. The van der Waals surface area contributed by atoms with E-state index in [9.17, 15) is 14.5 Å². The monoisotopic (exact) mass is 204 g/mol. The molecule has 0 atom stereocenters. The fraction of sp³-hybridized carbons (Fsp3) is 0.200. The molecule has 0 aliphatic carbocycles. The molecule has 0 saturated carbocycles. The average Bonchev–Trinajstić information content (AvgIpc) is 2.38. The second kappa shape index (κ2) is 3.61. The second-order valence-electron chi connectivity index (χ2n) is 3.23. The molecule has 15 heavy (non-hydrogen) atoms. The summed E-state index contributed by atoms with van der Waals surface area (Å²) in [4.78, 5) is 33.6. The van der Waals surface area contributed by atoms with Crippen molar-refractivity contribution in [2.45, 2.75) is 12.8 Å². The van der Waals surface area contributed by atoms with Gasteiger partial charge in [-0.25, -0.2) is 0 Å². The molecule has 1 radical (unpaired) electrons. The number of nitrogens with zero attached hydrogens (tertiary/aromatic N) is 2. The Labute approximate surface area is 85.6 Å². The molecule has 1 aliphatic rings. The van der Waals surface area contributed by atoms with Crippen LogP contribution in [0.1, 0.15) is 23.2 Å². The molecule has 5 heteroatoms. The predicted molar refractivity (Wildman–Crippen MR) is 53.0 cm³/mol. The molecular weight excluding hydrogens is 196 g/mol. The number of amides is 1. The van der Waals surface area contributed by atoms with Crippen molar-refractivity contribution in [3.05, 3.63) is 34.7 Å². The van der Waals surface area contributed by atoms with Crippen LogP contribution in [0.3, 0.4) is 0 Å². The normalized spacial score (nSPS) is 15.9. The summed E-state index contributed by atoms with van der Waals surface area (Å²) >= 11 is 0. The van der Waals surface area contributed by atoms with Gasteiger partial charge < -0.3 is 0 Å². The molecule has 1 aromatic carbocycles. The number of hydrogen-bond acceptors (Lipinski definition) is 4. The van der Waals surface area contributed by atoms with E-state index in [0.717, 1.165) is 5.01 Å². The van der Waals surface area contributed by atoms with E-state index in [1.807, 2.05) is 0 Å². The number of anilines is 1. The van der Waals surface area contributed by atoms with Crippen LogP contribution in [0, 0.1) is 4.91 Å². The fourth-order valence-corrected chi connectivity index (χ4v) is 1.58. The van der Waals surface area contributed by atoms with Crippen LogP contribution in [0.25, 0.3) is 0 Å². The van der Waals surface area contributed by atoms with E-state index in [1.54, 1.807) is 18.2 Å². The second-order valence-corrected chi connectivity index (χ2v) is 3.23. The van der Waals surface area contributed by atoms with E-state index in [2.05, 4.69) is 5.29 Å². The van der Waals surface area contributed by atoms with Crippen molar-refractivity contribution in [3.63, 3.8) is 0 Å². The van der Waals surface area contributed by atoms with Gasteiger partial charge in [-0.2, -0.15) is 0 Å². The first-order valence-electron chi connectivity index (χ1n) is 4.52. The minimum absolute atomic E-state index is 0.0270. The summed E-state index contributed by atoms with van der Waals surface area (Å²) in [6.45, 7) is 0. The number of rotatable bonds is 1. The van der Waals surface area contributed by atoms with E-state index in [0.29, 0.717) is 5.56 Å². The molecule has 0 unspecified atom stereocenters. The van der Waals surface area contributed by atoms with E-state index in [-0.39, 0.29) is 24.3 Å². The van der Waals surface area contributed by atoms with Crippen LogP contribution in [0.5, 0.6) is 0 Å². The molecular formula is C10H8N2O3+. The first-order chi connectivity index (χ1) is 7.24. The zero-order chi connectivity index (χ0) is 10.8. The summed E-state index contributed by atoms with van der Waals surface area (Å²) in [7, 11) is 0. The van der Waals surface area contributed by atoms with Crippen molar-refractivity contribution in [2.24, 2.45) is 0 Å². The quantitative estimate of drug-likeness (QED) is 0.685. The Bertz CT molecular complexity index is 442. The number of benzene rings is 1. The molecule has 2 rings (SSSR count). The Morgan fingerprint density at radius 2 is 1.87 bits per heavy atom. The van der Waals surface area contributed by atoms with E-state index in [1.165, 1.54) is 6.07 Å². The van der Waals surface area contributed by atoms with E-state index in [4.69, 9.17) is 0 Å². The van der Waals surface area contributed by atoms with Gasteiger partial charge in [0.2, 0.25) is 0 Å². The molecule has 0 aromatic heterocycles. The first-order valence-corrected chi connectivity index (χ1v) is 4.52. The molecule has 0 fully saturated rings. The minimum Gasteiger partial charge on any atom is -0.294 e. The van der Waals surface area contributed by atoms with Gasteiger partial charge in [-0.15, -0.1) is 0 Å². The summed E-state index contributed by atoms with van der Waals surface area (Å²) < 4.78 is 0. The largest absolute Gasteiger partial charge is 0.494 e. The Morgan fingerprint density at radius 3 is 2.60 bits per heavy atom. The van der Waals surface area contributed by atoms with E-state index >= 15 is 0 Å². The Balaban J connectivity index is 2.60. The van der Waals surface area contributed by atoms with Gasteiger partial charge >= 0.3 is 5.29 Å². The van der Waals surface area contributed by atoms with Crippen LogP contribution in [0.2, 0.25) is 0 Å². The lowest BCUT2D eigenvalue weighted by Gasteiger charge is -2.02. The number of ketones is 1. The van der Waals surface area contributed by atoms with Gasteiger partial charge in [-0.1, -0.05) is 12.1 Å². The maximum atomic E-state index is 11.6. The highest BCUT2D eigenvalue weighted by Crippen LogP contribution is 2.25. The molecule has 0 saturated heterocycles. The van der Waals surface area contributed by atoms with Crippen molar-refractivity contribution in [1.29, 1.82) is 0 Å². The van der Waals surface area contributed by atoms with Gasteiger partial charge in [0.1, 0.15) is 10.6 Å². The number of carbonyl (C=O) groups is 2. The Hall–Kier alpha value is -2.04. The lowest BCUT2D eigenvalue weighted by molar-refractivity contribution is -0.118. The number of hydrogen-bond donors (Lipinski definition) is 0. The zero-order valence-electron chi connectivity index (χ0n) is 7.84. The summed E-state index contributed by atoms with van der Waals surface area (Å²) in [5.41, 5.74) is 0.656. The van der Waals surface area contributed by atoms with Crippen LogP contribution < -0.4 is 10.3 Å². The molecule has 5 nitrogen and oxygen atoms in total. The van der Waals surface area contributed by atoms with Gasteiger partial charge in [-0.05, 0) is 12.1 Å². The summed E-state index contributed by atoms with van der Waals surface area (Å²) in [6, 6.07) is 6.48. The van der Waals surface area contributed by atoms with Crippen LogP contribution in [0.4, 0.5) is 5.69 Å². The summed E-state index contributed by atoms with van der Waals surface area (Å²) in [5, 5.41) is 3.40. The van der Waals surface area contributed by atoms with Crippen LogP contribution in [-0.2, 0) is 4.79 Å². The molecule has 1 heterocycles. The van der Waals surface area contributed by atoms with Crippen molar-refractivity contribution in [3.8, 4) is 0 Å². The third-order valence-electron chi connectivity index (χ3n) is 2.32. The SMILES string of the molecule is O=[N+]N1C(=O)CCC(=O)c2ccccc21. The Kier molecular flexibility index (Phi) is 2.29. The van der Waals surface area contributed by atoms with Gasteiger partial charge in [0.25, 0.3) is 5.91 Å². The summed E-state index contributed by atoms with van der Waals surface area (Å²) in [6.07, 6.45) is 0.154.